The summed E-state index contributed by atoms with van der Waals surface area (Å²) < 4.78 is 11.8. The quantitative estimate of drug-likeness (QED) is 0.357. The Morgan fingerprint density at radius 1 is 1.03 bits per heavy atom. The second kappa shape index (κ2) is 7.70. The van der Waals surface area contributed by atoms with Gasteiger partial charge in [-0.1, -0.05) is 65.3 Å². The number of rotatable bonds is 4. The Hall–Kier alpha value is -2.09. The van der Waals surface area contributed by atoms with Gasteiger partial charge in [0.15, 0.2) is 6.61 Å². The van der Waals surface area contributed by atoms with Gasteiger partial charge >= 0.3 is 11.9 Å². The number of allylic oxidation sites excluding steroid dienone is 4. The summed E-state index contributed by atoms with van der Waals surface area (Å²) in [5.41, 5.74) is -0.487. The van der Waals surface area contributed by atoms with Gasteiger partial charge in [-0.05, 0) is 73.5 Å². The molecule has 4 saturated carbocycles. The van der Waals surface area contributed by atoms with Crippen molar-refractivity contribution < 1.29 is 19.1 Å². The Kier molecular flexibility index (Phi) is 5.41. The molecular formula is C30H41NO4. The molecule has 0 saturated heterocycles. The largest absolute Gasteiger partial charge is 0.447 e. The van der Waals surface area contributed by atoms with Crippen molar-refractivity contribution in [1.29, 1.82) is 5.26 Å². The SMILES string of the molecule is CC1(C)C(C(=O)O[C@]2(C(=O)OCC#N)CC[C@H]3[C@@H]4CCC5=CCC=C[C@]5(C)[C@H]4CC[C@@]32C)C1(C)C. The van der Waals surface area contributed by atoms with Crippen molar-refractivity contribution in [2.45, 2.75) is 92.1 Å². The molecule has 5 nitrogen and oxygen atoms in total. The van der Waals surface area contributed by atoms with Gasteiger partial charge in [0.1, 0.15) is 6.07 Å². The van der Waals surface area contributed by atoms with Gasteiger partial charge in [-0.15, -0.1) is 0 Å². The van der Waals surface area contributed by atoms with E-state index in [9.17, 15) is 9.59 Å². The number of carbonyl (C=O) groups is 2. The van der Waals surface area contributed by atoms with Gasteiger partial charge in [-0.2, -0.15) is 5.26 Å². The highest BCUT2D eigenvalue weighted by Crippen LogP contribution is 2.71. The van der Waals surface area contributed by atoms with Gasteiger partial charge in [0.2, 0.25) is 5.60 Å². The van der Waals surface area contributed by atoms with E-state index in [1.807, 2.05) is 6.07 Å². The second-order valence-corrected chi connectivity index (χ2v) is 13.4. The van der Waals surface area contributed by atoms with E-state index in [-0.39, 0.29) is 40.7 Å². The fraction of sp³-hybridized carbons (Fsp3) is 0.767. The third-order valence-electron chi connectivity index (χ3n) is 11.9. The maximum atomic E-state index is 13.7. The highest BCUT2D eigenvalue weighted by Gasteiger charge is 2.73. The Morgan fingerprint density at radius 3 is 2.37 bits per heavy atom. The predicted molar refractivity (Wildman–Crippen MR) is 133 cm³/mol. The molecule has 4 fully saturated rings. The molecule has 5 aliphatic carbocycles. The lowest BCUT2D eigenvalue weighted by atomic mass is 9.47. The van der Waals surface area contributed by atoms with E-state index in [4.69, 9.17) is 14.7 Å². The van der Waals surface area contributed by atoms with Gasteiger partial charge in [0.25, 0.3) is 0 Å². The van der Waals surface area contributed by atoms with E-state index in [0.717, 1.165) is 38.5 Å². The van der Waals surface area contributed by atoms with Crippen LogP contribution in [0, 0.1) is 56.7 Å². The summed E-state index contributed by atoms with van der Waals surface area (Å²) in [6.07, 6.45) is 13.6. The zero-order chi connectivity index (χ0) is 25.4. The first kappa shape index (κ1) is 24.6. The van der Waals surface area contributed by atoms with Crippen LogP contribution in [0.2, 0.25) is 0 Å². The second-order valence-electron chi connectivity index (χ2n) is 13.4. The van der Waals surface area contributed by atoms with Gasteiger partial charge in [-0.25, -0.2) is 4.79 Å². The first-order valence-electron chi connectivity index (χ1n) is 13.5. The smallest absolute Gasteiger partial charge is 0.352 e. The van der Waals surface area contributed by atoms with Crippen LogP contribution in [-0.4, -0.2) is 24.1 Å². The number of hydrogen-bond donors (Lipinski definition) is 0. The van der Waals surface area contributed by atoms with E-state index < -0.39 is 17.0 Å². The average Bonchev–Trinajstić information content (AvgIpc) is 3.05. The summed E-state index contributed by atoms with van der Waals surface area (Å²) in [6, 6.07) is 1.92. The molecule has 5 heteroatoms. The molecule has 0 aliphatic heterocycles. The zero-order valence-corrected chi connectivity index (χ0v) is 22.3. The van der Waals surface area contributed by atoms with Crippen molar-refractivity contribution in [2.75, 3.05) is 6.61 Å². The summed E-state index contributed by atoms with van der Waals surface area (Å²) in [5.74, 6) is 0.263. The maximum absolute atomic E-state index is 13.7. The molecule has 0 N–H and O–H groups in total. The molecule has 0 heterocycles. The van der Waals surface area contributed by atoms with Crippen LogP contribution in [0.1, 0.15) is 86.5 Å². The van der Waals surface area contributed by atoms with Crippen LogP contribution >= 0.6 is 0 Å². The van der Waals surface area contributed by atoms with Crippen molar-refractivity contribution in [1.82, 2.24) is 0 Å². The summed E-state index contributed by atoms with van der Waals surface area (Å²) in [7, 11) is 0. The van der Waals surface area contributed by atoms with Gasteiger partial charge in [-0.3, -0.25) is 4.79 Å². The number of carbonyl (C=O) groups excluding carboxylic acids is 2. The third-order valence-corrected chi connectivity index (χ3v) is 11.9. The monoisotopic (exact) mass is 479 g/mol. The van der Waals surface area contributed by atoms with Crippen molar-refractivity contribution >= 4 is 11.9 Å². The molecule has 5 aliphatic rings. The van der Waals surface area contributed by atoms with E-state index >= 15 is 0 Å². The molecule has 5 rings (SSSR count). The third kappa shape index (κ3) is 3.10. The molecule has 35 heavy (non-hydrogen) atoms. The van der Waals surface area contributed by atoms with Crippen LogP contribution in [0.25, 0.3) is 0 Å². The predicted octanol–water partition coefficient (Wildman–Crippen LogP) is 6.15. The summed E-state index contributed by atoms with van der Waals surface area (Å²) >= 11 is 0. The lowest BCUT2D eigenvalue weighted by molar-refractivity contribution is -0.205. The number of nitriles is 1. The van der Waals surface area contributed by atoms with Crippen LogP contribution in [0.3, 0.4) is 0 Å². The average molecular weight is 480 g/mol. The minimum absolute atomic E-state index is 0.0911. The standard InChI is InChI=1S/C30H41NO4/c1-26(2)23(27(26,3)4)24(32)35-30(25(33)34-18-17-31)16-13-22-20-11-10-19-9-7-8-14-28(19,5)21(20)12-15-29(22,30)6/h8-9,14,20-23H,7,10-13,15-16,18H2,1-6H3/t20-,21+,22+,28+,29+,30+/m1/s1. The van der Waals surface area contributed by atoms with Crippen molar-refractivity contribution in [2.24, 2.45) is 45.3 Å². The highest BCUT2D eigenvalue weighted by molar-refractivity contribution is 5.87. The molecule has 190 valence electrons. The zero-order valence-electron chi connectivity index (χ0n) is 22.3. The number of esters is 2. The molecular weight excluding hydrogens is 438 g/mol. The Morgan fingerprint density at radius 2 is 1.71 bits per heavy atom. The van der Waals surface area contributed by atoms with E-state index in [1.165, 1.54) is 0 Å². The lowest BCUT2D eigenvalue weighted by Crippen LogP contribution is -2.59. The normalized spacial score (nSPS) is 42.5. The summed E-state index contributed by atoms with van der Waals surface area (Å²) in [5, 5.41) is 9.10. The summed E-state index contributed by atoms with van der Waals surface area (Å²) in [6.45, 7) is 12.6. The molecule has 0 amide bonds. The number of ether oxygens (including phenoxy) is 2. The van der Waals surface area contributed by atoms with E-state index in [1.54, 1.807) is 5.57 Å². The number of nitrogens with zero attached hydrogens (tertiary/aromatic N) is 1. The Balaban J connectivity index is 1.49. The highest BCUT2D eigenvalue weighted by atomic mass is 16.6. The topological polar surface area (TPSA) is 76.4 Å². The first-order valence-corrected chi connectivity index (χ1v) is 13.5. The van der Waals surface area contributed by atoms with Crippen molar-refractivity contribution in [3.05, 3.63) is 23.8 Å². The molecule has 0 unspecified atom stereocenters. The lowest BCUT2D eigenvalue weighted by Gasteiger charge is -2.58. The van der Waals surface area contributed by atoms with Gasteiger partial charge < -0.3 is 9.47 Å². The number of hydrogen-bond acceptors (Lipinski definition) is 5. The fourth-order valence-corrected chi connectivity index (χ4v) is 9.11. The van der Waals surface area contributed by atoms with Crippen LogP contribution in [0.15, 0.2) is 23.8 Å². The molecule has 0 aromatic rings. The molecule has 0 aromatic carbocycles. The van der Waals surface area contributed by atoms with Crippen molar-refractivity contribution in [3.63, 3.8) is 0 Å². The Labute approximate surface area is 210 Å². The van der Waals surface area contributed by atoms with Gasteiger partial charge in [0.05, 0.1) is 5.92 Å². The molecule has 0 aromatic heterocycles. The van der Waals surface area contributed by atoms with Crippen LogP contribution in [0.5, 0.6) is 0 Å². The fourth-order valence-electron chi connectivity index (χ4n) is 9.11. The molecule has 0 spiro atoms. The van der Waals surface area contributed by atoms with Crippen LogP contribution < -0.4 is 0 Å². The first-order chi connectivity index (χ1) is 16.4. The van der Waals surface area contributed by atoms with E-state index in [0.29, 0.717) is 18.3 Å². The Bertz CT molecular complexity index is 1030. The number of fused-ring (bicyclic) bond motifs is 5. The van der Waals surface area contributed by atoms with Gasteiger partial charge in [0, 0.05) is 10.8 Å². The van der Waals surface area contributed by atoms with Crippen LogP contribution in [0.4, 0.5) is 0 Å². The molecule has 0 radical (unpaired) electrons. The molecule has 0 bridgehead atoms. The maximum Gasteiger partial charge on any atom is 0.352 e. The summed E-state index contributed by atoms with van der Waals surface area (Å²) in [4.78, 5) is 27.3. The molecule has 6 atom stereocenters. The minimum Gasteiger partial charge on any atom is -0.447 e. The minimum atomic E-state index is -1.31. The van der Waals surface area contributed by atoms with E-state index in [2.05, 4.69) is 59.8 Å². The van der Waals surface area contributed by atoms with Crippen molar-refractivity contribution in [3.8, 4) is 6.07 Å². The van der Waals surface area contributed by atoms with Crippen LogP contribution in [-0.2, 0) is 19.1 Å².